The van der Waals surface area contributed by atoms with Crippen molar-refractivity contribution in [3.8, 4) is 0 Å². The van der Waals surface area contributed by atoms with Crippen LogP contribution in [0.25, 0.3) is 0 Å². The van der Waals surface area contributed by atoms with Gasteiger partial charge in [-0.15, -0.1) is 9.19 Å². The third-order valence-corrected chi connectivity index (χ3v) is 8.38. The van der Waals surface area contributed by atoms with Crippen molar-refractivity contribution in [2.45, 2.75) is 17.7 Å². The molecule has 1 aliphatic heterocycles. The summed E-state index contributed by atoms with van der Waals surface area (Å²) >= 11 is 0. The highest BCUT2D eigenvalue weighted by Crippen LogP contribution is 2.28. The third-order valence-electron chi connectivity index (χ3n) is 6.81. The van der Waals surface area contributed by atoms with Crippen LogP contribution in [-0.4, -0.2) is 84.5 Å². The molecule has 1 aliphatic rings. The van der Waals surface area contributed by atoms with Crippen molar-refractivity contribution in [3.63, 3.8) is 0 Å². The second-order valence-corrected chi connectivity index (χ2v) is 11.6. The van der Waals surface area contributed by atoms with Gasteiger partial charge in [-0.2, -0.15) is 18.4 Å². The smallest absolute Gasteiger partial charge is 0.286 e. The fourth-order valence-corrected chi connectivity index (χ4v) is 5.76. The van der Waals surface area contributed by atoms with E-state index in [4.69, 9.17) is 9.73 Å². The Hall–Kier alpha value is -4.35. The average Bonchev–Trinajstić information content (AvgIpc) is 3.45. The Morgan fingerprint density at radius 1 is 0.927 bits per heavy atom. The summed E-state index contributed by atoms with van der Waals surface area (Å²) in [5, 5.41) is 4.49. The topological polar surface area (TPSA) is 110 Å². The minimum atomic E-state index is -4.10. The van der Waals surface area contributed by atoms with Gasteiger partial charge in [0.2, 0.25) is 5.96 Å². The first-order valence-electron chi connectivity index (χ1n) is 13.3. The lowest BCUT2D eigenvalue weighted by atomic mass is 9.95. The molecular formula is C30H32N6O4S. The summed E-state index contributed by atoms with van der Waals surface area (Å²) in [6.45, 7) is 4.19. The van der Waals surface area contributed by atoms with Crippen LogP contribution in [0.1, 0.15) is 40.2 Å². The second kappa shape index (κ2) is 12.0. The molecule has 0 aliphatic carbocycles. The maximum Gasteiger partial charge on any atom is 0.286 e. The summed E-state index contributed by atoms with van der Waals surface area (Å²) in [4.78, 5) is 26.4. The summed E-state index contributed by atoms with van der Waals surface area (Å²) in [6, 6.07) is 24.4. The van der Waals surface area contributed by atoms with Crippen LogP contribution < -0.4 is 0 Å². The number of morpholine rings is 1. The second-order valence-electron chi connectivity index (χ2n) is 9.88. The number of hydrogen-bond acceptors (Lipinski definition) is 7. The highest BCUT2D eigenvalue weighted by atomic mass is 32.2. The highest BCUT2D eigenvalue weighted by molar-refractivity contribution is 7.90. The standard InChI is InChI=1S/C30H32N6O4S/c1-22(24-13-10-14-25(21-24)27(37)23-11-6-4-7-12-23)28-31-29(32-30(34(2)3)35-17-19-40-20-18-35)36(33-28)41(38,39)26-15-8-5-9-16-26/h4-16,21-22H,17-20H2,1-3H3/b32-30+. The zero-order valence-electron chi connectivity index (χ0n) is 23.2. The number of nitrogens with zero attached hydrogens (tertiary/aromatic N) is 6. The van der Waals surface area contributed by atoms with E-state index in [9.17, 15) is 13.2 Å². The number of aromatic nitrogens is 3. The van der Waals surface area contributed by atoms with Crippen LogP contribution in [0.5, 0.6) is 0 Å². The van der Waals surface area contributed by atoms with Gasteiger partial charge in [-0.05, 0) is 23.8 Å². The van der Waals surface area contributed by atoms with Gasteiger partial charge in [-0.3, -0.25) is 4.79 Å². The predicted octanol–water partition coefficient (Wildman–Crippen LogP) is 3.78. The lowest BCUT2D eigenvalue weighted by molar-refractivity contribution is 0.0638. The van der Waals surface area contributed by atoms with E-state index in [1.807, 2.05) is 55.1 Å². The van der Waals surface area contributed by atoms with Gasteiger partial charge in [0, 0.05) is 44.2 Å². The van der Waals surface area contributed by atoms with E-state index in [0.29, 0.717) is 43.4 Å². The molecule has 1 aromatic heterocycles. The third kappa shape index (κ3) is 6.06. The van der Waals surface area contributed by atoms with Crippen molar-refractivity contribution in [2.24, 2.45) is 4.99 Å². The summed E-state index contributed by atoms with van der Waals surface area (Å²) in [6.07, 6.45) is 0. The van der Waals surface area contributed by atoms with Crippen molar-refractivity contribution in [2.75, 3.05) is 40.4 Å². The van der Waals surface area contributed by atoms with E-state index >= 15 is 0 Å². The van der Waals surface area contributed by atoms with Gasteiger partial charge in [-0.1, -0.05) is 73.7 Å². The molecule has 5 rings (SSSR count). The number of ether oxygens (including phenoxy) is 1. The first-order valence-corrected chi connectivity index (χ1v) is 14.8. The van der Waals surface area contributed by atoms with E-state index < -0.39 is 15.9 Å². The van der Waals surface area contributed by atoms with Crippen LogP contribution >= 0.6 is 0 Å². The van der Waals surface area contributed by atoms with E-state index in [0.717, 1.165) is 9.65 Å². The molecular weight excluding hydrogens is 540 g/mol. The zero-order valence-corrected chi connectivity index (χ0v) is 24.0. The Balaban J connectivity index is 1.58. The van der Waals surface area contributed by atoms with Crippen LogP contribution in [0.4, 0.5) is 5.95 Å². The number of benzene rings is 3. The molecule has 10 nitrogen and oxygen atoms in total. The van der Waals surface area contributed by atoms with Gasteiger partial charge < -0.3 is 14.5 Å². The number of ketones is 1. The SMILES string of the molecule is CC(c1cccc(C(=O)c2ccccc2)c1)c1nc(/N=C(\N(C)C)N2CCOCC2)n(S(=O)(=O)c2ccccc2)n1. The number of guanidine groups is 1. The number of hydrogen-bond donors (Lipinski definition) is 0. The number of carbonyl (C=O) groups is 1. The quantitative estimate of drug-likeness (QED) is 0.187. The van der Waals surface area contributed by atoms with Gasteiger partial charge in [0.05, 0.1) is 18.1 Å². The van der Waals surface area contributed by atoms with Crippen LogP contribution in [0.2, 0.25) is 0 Å². The molecule has 212 valence electrons. The molecule has 0 amide bonds. The Bertz CT molecular complexity index is 1650. The molecule has 4 aromatic rings. The lowest BCUT2D eigenvalue weighted by Crippen LogP contribution is -2.46. The maximum absolute atomic E-state index is 13.8. The number of aliphatic imine (C=N–C) groups is 1. The maximum atomic E-state index is 13.8. The molecule has 0 radical (unpaired) electrons. The van der Waals surface area contributed by atoms with Crippen molar-refractivity contribution < 1.29 is 17.9 Å². The van der Waals surface area contributed by atoms with Crippen molar-refractivity contribution in [1.29, 1.82) is 0 Å². The van der Waals surface area contributed by atoms with Crippen LogP contribution in [0, 0.1) is 0 Å². The molecule has 1 unspecified atom stereocenters. The molecule has 0 spiro atoms. The fourth-order valence-electron chi connectivity index (χ4n) is 4.57. The molecule has 1 saturated heterocycles. The molecule has 2 heterocycles. The Kier molecular flexibility index (Phi) is 8.27. The van der Waals surface area contributed by atoms with Crippen LogP contribution in [0.15, 0.2) is 94.8 Å². The summed E-state index contributed by atoms with van der Waals surface area (Å²) in [5.74, 6) is 0.247. The largest absolute Gasteiger partial charge is 0.378 e. The molecule has 0 N–H and O–H groups in total. The van der Waals surface area contributed by atoms with E-state index in [1.165, 1.54) is 12.1 Å². The molecule has 0 saturated carbocycles. The summed E-state index contributed by atoms with van der Waals surface area (Å²) < 4.78 is 33.9. The number of carbonyl (C=O) groups excluding carboxylic acids is 1. The molecule has 11 heteroatoms. The van der Waals surface area contributed by atoms with E-state index in [1.54, 1.807) is 48.5 Å². The Labute approximate surface area is 240 Å². The van der Waals surface area contributed by atoms with Crippen LogP contribution in [-0.2, 0) is 14.8 Å². The molecule has 1 fully saturated rings. The fraction of sp³-hybridized carbons (Fsp3) is 0.267. The minimum Gasteiger partial charge on any atom is -0.378 e. The van der Waals surface area contributed by atoms with Gasteiger partial charge in [-0.25, -0.2) is 0 Å². The van der Waals surface area contributed by atoms with Crippen LogP contribution in [0.3, 0.4) is 0 Å². The molecule has 1 atom stereocenters. The summed E-state index contributed by atoms with van der Waals surface area (Å²) in [5.41, 5.74) is 1.89. The Morgan fingerprint density at radius 3 is 2.22 bits per heavy atom. The molecule has 0 bridgehead atoms. The summed E-state index contributed by atoms with van der Waals surface area (Å²) in [7, 11) is -0.411. The minimum absolute atomic E-state index is 0.0533. The van der Waals surface area contributed by atoms with Gasteiger partial charge in [0.25, 0.3) is 16.0 Å². The van der Waals surface area contributed by atoms with E-state index in [-0.39, 0.29) is 22.5 Å². The van der Waals surface area contributed by atoms with Gasteiger partial charge in [0.1, 0.15) is 0 Å². The first-order chi connectivity index (χ1) is 19.8. The van der Waals surface area contributed by atoms with E-state index in [2.05, 4.69) is 10.1 Å². The molecule has 3 aromatic carbocycles. The van der Waals surface area contributed by atoms with Crippen molar-refractivity contribution >= 4 is 27.7 Å². The molecule has 41 heavy (non-hydrogen) atoms. The average molecular weight is 573 g/mol. The monoisotopic (exact) mass is 572 g/mol. The zero-order chi connectivity index (χ0) is 29.0. The van der Waals surface area contributed by atoms with Gasteiger partial charge >= 0.3 is 0 Å². The van der Waals surface area contributed by atoms with Crippen molar-refractivity contribution in [3.05, 3.63) is 107 Å². The lowest BCUT2D eigenvalue weighted by Gasteiger charge is -2.32. The Morgan fingerprint density at radius 2 is 1.56 bits per heavy atom. The highest BCUT2D eigenvalue weighted by Gasteiger charge is 2.28. The first kappa shape index (κ1) is 28.2. The predicted molar refractivity (Wildman–Crippen MR) is 156 cm³/mol. The number of rotatable bonds is 7. The normalized spacial score (nSPS) is 15.0. The van der Waals surface area contributed by atoms with Gasteiger partial charge in [0.15, 0.2) is 11.6 Å². The van der Waals surface area contributed by atoms with Crippen molar-refractivity contribution in [1.82, 2.24) is 24.0 Å².